The third kappa shape index (κ3) is 74.9. The highest BCUT2D eigenvalue weighted by Crippen LogP contribution is 2.20. The van der Waals surface area contributed by atoms with E-state index in [0.717, 1.165) is 51.4 Å². The molecule has 1 amide bonds. The summed E-state index contributed by atoms with van der Waals surface area (Å²) in [4.78, 5) is 24.6. The maximum absolute atomic E-state index is 12.5. The molecule has 0 fully saturated rings. The van der Waals surface area contributed by atoms with Crippen LogP contribution in [-0.2, 0) is 14.3 Å². The molecule has 0 aliphatic carbocycles. The molecule has 0 radical (unpaired) electrons. The molecule has 0 aliphatic rings. The van der Waals surface area contributed by atoms with Gasteiger partial charge in [0.25, 0.3) is 0 Å². The molecule has 6 nitrogen and oxygen atoms in total. The van der Waals surface area contributed by atoms with E-state index in [1.54, 1.807) is 6.08 Å². The molecule has 0 aromatic rings. The first kappa shape index (κ1) is 87.8. The van der Waals surface area contributed by atoms with Crippen LogP contribution in [0, 0.1) is 0 Å². The van der Waals surface area contributed by atoms with E-state index in [1.165, 1.54) is 372 Å². The van der Waals surface area contributed by atoms with Crippen molar-refractivity contribution in [2.24, 2.45) is 0 Å². The Bertz CT molecular complexity index is 1500. The number of hydrogen-bond acceptors (Lipinski definition) is 5. The topological polar surface area (TPSA) is 95.9 Å². The van der Waals surface area contributed by atoms with Crippen LogP contribution in [0.15, 0.2) is 48.6 Å². The SMILES string of the molecule is CCCCCCC/C=C\CCCCCCCC(=O)OCCCCCCCCCCCCCCCCC/C=C\C/C=C\CCCCCCCCCCCCCCCCCCCC(=O)NC(CO)C(O)/C=C/CCCCCCCCCCCCCCCCCCCC. The molecule has 0 aromatic heterocycles. The van der Waals surface area contributed by atoms with E-state index in [1.807, 2.05) is 6.08 Å². The number of amides is 1. The number of esters is 1. The van der Waals surface area contributed by atoms with Gasteiger partial charge in [0, 0.05) is 12.8 Å². The Morgan fingerprint density at radius 3 is 0.856 bits per heavy atom. The van der Waals surface area contributed by atoms with Gasteiger partial charge in [-0.3, -0.25) is 9.59 Å². The van der Waals surface area contributed by atoms with Gasteiger partial charge < -0.3 is 20.3 Å². The minimum atomic E-state index is -0.844. The molecule has 0 rings (SSSR count). The second-order valence-corrected chi connectivity index (χ2v) is 28.1. The largest absolute Gasteiger partial charge is 0.466 e. The van der Waals surface area contributed by atoms with Crippen molar-refractivity contribution < 1.29 is 24.5 Å². The lowest BCUT2D eigenvalue weighted by Gasteiger charge is -2.20. The normalized spacial score (nSPS) is 12.7. The number of aliphatic hydroxyl groups excluding tert-OH is 2. The molecule has 3 N–H and O–H groups in total. The first-order chi connectivity index (χ1) is 44.5. The average molecular weight is 1260 g/mol. The molecule has 2 atom stereocenters. The van der Waals surface area contributed by atoms with E-state index in [0.29, 0.717) is 19.4 Å². The molecule has 6 heteroatoms. The fourth-order valence-corrected chi connectivity index (χ4v) is 12.8. The predicted molar refractivity (Wildman–Crippen MR) is 398 cm³/mol. The van der Waals surface area contributed by atoms with Crippen molar-refractivity contribution in [3.05, 3.63) is 48.6 Å². The minimum absolute atomic E-state index is 0.0120. The van der Waals surface area contributed by atoms with Crippen molar-refractivity contribution in [2.45, 2.75) is 463 Å². The van der Waals surface area contributed by atoms with Crippen LogP contribution in [0.4, 0.5) is 0 Å². The summed E-state index contributed by atoms with van der Waals surface area (Å²) in [5, 5.41) is 23.3. The molecular weight excluding hydrogens is 1100 g/mol. The highest BCUT2D eigenvalue weighted by Gasteiger charge is 2.18. The second kappa shape index (κ2) is 79.3. The number of allylic oxidation sites excluding steroid dienone is 7. The number of unbranched alkanes of at least 4 members (excludes halogenated alkanes) is 60. The molecular formula is C84H159NO5. The van der Waals surface area contributed by atoms with Gasteiger partial charge in [-0.25, -0.2) is 0 Å². The summed E-state index contributed by atoms with van der Waals surface area (Å²) in [6, 6.07) is -0.627. The maximum atomic E-state index is 12.5. The lowest BCUT2D eigenvalue weighted by Crippen LogP contribution is -2.45. The molecule has 0 heterocycles. The van der Waals surface area contributed by atoms with Crippen LogP contribution in [0.5, 0.6) is 0 Å². The Hall–Kier alpha value is -2.18. The first-order valence-corrected chi connectivity index (χ1v) is 40.9. The molecule has 0 aromatic carbocycles. The smallest absolute Gasteiger partial charge is 0.305 e. The highest BCUT2D eigenvalue weighted by molar-refractivity contribution is 5.76. The number of aliphatic hydroxyl groups is 2. The summed E-state index contributed by atoms with van der Waals surface area (Å²) >= 11 is 0. The molecule has 0 saturated carbocycles. The van der Waals surface area contributed by atoms with Crippen LogP contribution >= 0.6 is 0 Å². The zero-order valence-electron chi connectivity index (χ0n) is 60.9. The van der Waals surface area contributed by atoms with Crippen LogP contribution in [0.2, 0.25) is 0 Å². The minimum Gasteiger partial charge on any atom is -0.466 e. The van der Waals surface area contributed by atoms with Crippen molar-refractivity contribution in [1.82, 2.24) is 5.32 Å². The van der Waals surface area contributed by atoms with Crippen LogP contribution in [0.25, 0.3) is 0 Å². The summed E-state index contributed by atoms with van der Waals surface area (Å²) < 4.78 is 5.49. The number of hydrogen-bond donors (Lipinski definition) is 3. The maximum Gasteiger partial charge on any atom is 0.305 e. The van der Waals surface area contributed by atoms with Crippen molar-refractivity contribution in [3.63, 3.8) is 0 Å². The molecule has 2 unspecified atom stereocenters. The summed E-state index contributed by atoms with van der Waals surface area (Å²) in [6.45, 7) is 4.94. The first-order valence-electron chi connectivity index (χ1n) is 40.9. The van der Waals surface area contributed by atoms with Crippen molar-refractivity contribution in [3.8, 4) is 0 Å². The van der Waals surface area contributed by atoms with Crippen molar-refractivity contribution in [1.29, 1.82) is 0 Å². The van der Waals surface area contributed by atoms with Crippen molar-refractivity contribution in [2.75, 3.05) is 13.2 Å². The molecule has 0 bridgehead atoms. The zero-order chi connectivity index (χ0) is 64.9. The van der Waals surface area contributed by atoms with E-state index in [4.69, 9.17) is 4.74 Å². The Morgan fingerprint density at radius 1 is 0.311 bits per heavy atom. The van der Waals surface area contributed by atoms with E-state index < -0.39 is 12.1 Å². The zero-order valence-corrected chi connectivity index (χ0v) is 60.9. The van der Waals surface area contributed by atoms with Crippen molar-refractivity contribution >= 4 is 11.9 Å². The van der Waals surface area contributed by atoms with Crippen LogP contribution in [0.3, 0.4) is 0 Å². The number of ether oxygens (including phenoxy) is 1. The molecule has 90 heavy (non-hydrogen) atoms. The molecule has 0 saturated heterocycles. The lowest BCUT2D eigenvalue weighted by atomic mass is 10.0. The summed E-state index contributed by atoms with van der Waals surface area (Å²) in [7, 11) is 0. The van der Waals surface area contributed by atoms with Crippen LogP contribution in [-0.4, -0.2) is 47.4 Å². The Morgan fingerprint density at radius 2 is 0.556 bits per heavy atom. The fraction of sp³-hybridized carbons (Fsp3) is 0.881. The Kier molecular flexibility index (Phi) is 77.3. The molecule has 530 valence electrons. The van der Waals surface area contributed by atoms with E-state index >= 15 is 0 Å². The predicted octanol–water partition coefficient (Wildman–Crippen LogP) is 27.2. The number of carbonyl (C=O) groups is 2. The van der Waals surface area contributed by atoms with Gasteiger partial charge in [-0.05, 0) is 89.9 Å². The standard InChI is InChI=1S/C84H159NO5/c1-3-5-7-9-11-13-15-17-19-20-21-43-46-49-52-56-60-64-68-72-76-82(87)81(80-86)85-83(88)77-73-69-65-61-57-53-50-47-44-41-39-37-35-33-31-29-27-25-23-22-24-26-28-30-32-34-36-38-40-42-45-48-51-55-59-63-67-71-75-79-90-84(89)78-74-70-66-62-58-54-18-16-14-12-10-8-6-4-2/h16,18,22-23,26,28,72,76,81-82,86-87H,3-15,17,19-21,24-25,27,29-71,73-75,77-80H2,1-2H3,(H,85,88)/b18-16-,23-22-,28-26-,76-72+. The van der Waals surface area contributed by atoms with Gasteiger partial charge >= 0.3 is 5.97 Å². The third-order valence-electron chi connectivity index (χ3n) is 19.1. The number of rotatable bonds is 77. The Balaban J connectivity index is 3.37. The quantitative estimate of drug-likeness (QED) is 0.0320. The third-order valence-corrected chi connectivity index (χ3v) is 19.1. The van der Waals surface area contributed by atoms with Crippen LogP contribution < -0.4 is 5.32 Å². The monoisotopic (exact) mass is 1260 g/mol. The van der Waals surface area contributed by atoms with Gasteiger partial charge in [-0.1, -0.05) is 396 Å². The average Bonchev–Trinajstić information content (AvgIpc) is 3.68. The van der Waals surface area contributed by atoms with E-state index in [-0.39, 0.29) is 18.5 Å². The molecule has 0 spiro atoms. The lowest BCUT2D eigenvalue weighted by molar-refractivity contribution is -0.143. The number of nitrogens with one attached hydrogen (secondary N) is 1. The van der Waals surface area contributed by atoms with E-state index in [2.05, 4.69) is 55.6 Å². The highest BCUT2D eigenvalue weighted by atomic mass is 16.5. The second-order valence-electron chi connectivity index (χ2n) is 28.1. The van der Waals surface area contributed by atoms with Gasteiger partial charge in [0.2, 0.25) is 5.91 Å². The van der Waals surface area contributed by atoms with Gasteiger partial charge in [0.05, 0.1) is 25.4 Å². The summed E-state index contributed by atoms with van der Waals surface area (Å²) in [5.41, 5.74) is 0. The van der Waals surface area contributed by atoms with Gasteiger partial charge in [0.15, 0.2) is 0 Å². The molecule has 0 aliphatic heterocycles. The van der Waals surface area contributed by atoms with Gasteiger partial charge in [-0.15, -0.1) is 0 Å². The fourth-order valence-electron chi connectivity index (χ4n) is 12.8. The summed E-state index contributed by atoms with van der Waals surface area (Å²) in [5.74, 6) is -0.0488. The van der Waals surface area contributed by atoms with Gasteiger partial charge in [-0.2, -0.15) is 0 Å². The Labute approximate surface area is 563 Å². The summed E-state index contributed by atoms with van der Waals surface area (Å²) in [6.07, 6.45) is 105. The van der Waals surface area contributed by atoms with Crippen LogP contribution in [0.1, 0.15) is 450 Å². The van der Waals surface area contributed by atoms with Gasteiger partial charge in [0.1, 0.15) is 0 Å². The number of carbonyl (C=O) groups excluding carboxylic acids is 2. The van der Waals surface area contributed by atoms with E-state index in [9.17, 15) is 19.8 Å².